The Morgan fingerprint density at radius 1 is 1.45 bits per heavy atom. The highest BCUT2D eigenvalue weighted by Gasteiger charge is 2.22. The van der Waals surface area contributed by atoms with Gasteiger partial charge >= 0.3 is 0 Å². The molecular weight excluding hydrogens is 252 g/mol. The molecule has 1 aliphatic rings. The Morgan fingerprint density at radius 3 is 3.05 bits per heavy atom. The monoisotopic (exact) mass is 274 g/mol. The normalized spacial score (nSPS) is 22.8. The molecule has 2 heterocycles. The van der Waals surface area contributed by atoms with Gasteiger partial charge in [-0.1, -0.05) is 0 Å². The SMILES string of the molecule is Cc1nn(C)c2ncc(CNCC3CCC(O)C3)cc12. The molecule has 0 saturated heterocycles. The van der Waals surface area contributed by atoms with E-state index in [1.807, 2.05) is 24.9 Å². The number of nitrogens with one attached hydrogen (secondary N) is 1. The quantitative estimate of drug-likeness (QED) is 0.887. The molecule has 3 rings (SSSR count). The zero-order valence-corrected chi connectivity index (χ0v) is 12.1. The van der Waals surface area contributed by atoms with Crippen LogP contribution in [0.1, 0.15) is 30.5 Å². The Bertz CT molecular complexity index is 607. The van der Waals surface area contributed by atoms with E-state index >= 15 is 0 Å². The number of aryl methyl sites for hydroxylation is 2. The summed E-state index contributed by atoms with van der Waals surface area (Å²) in [4.78, 5) is 4.48. The van der Waals surface area contributed by atoms with Crippen LogP contribution in [0.15, 0.2) is 12.3 Å². The van der Waals surface area contributed by atoms with E-state index in [0.29, 0.717) is 5.92 Å². The summed E-state index contributed by atoms with van der Waals surface area (Å²) in [5.41, 5.74) is 3.15. The number of fused-ring (bicyclic) bond motifs is 1. The van der Waals surface area contributed by atoms with Gasteiger partial charge < -0.3 is 10.4 Å². The number of pyridine rings is 1. The summed E-state index contributed by atoms with van der Waals surface area (Å²) >= 11 is 0. The highest BCUT2D eigenvalue weighted by atomic mass is 16.3. The fourth-order valence-corrected chi connectivity index (χ4v) is 3.10. The molecule has 2 unspecified atom stereocenters. The van der Waals surface area contributed by atoms with Crippen LogP contribution < -0.4 is 5.32 Å². The van der Waals surface area contributed by atoms with Crippen LogP contribution in [0, 0.1) is 12.8 Å². The van der Waals surface area contributed by atoms with Gasteiger partial charge in [0.15, 0.2) is 5.65 Å². The lowest BCUT2D eigenvalue weighted by atomic mass is 10.1. The van der Waals surface area contributed by atoms with Crippen LogP contribution in [0.25, 0.3) is 11.0 Å². The van der Waals surface area contributed by atoms with E-state index in [9.17, 15) is 5.11 Å². The Morgan fingerprint density at radius 2 is 2.30 bits per heavy atom. The zero-order valence-electron chi connectivity index (χ0n) is 12.1. The average Bonchev–Trinajstić information content (AvgIpc) is 2.95. The van der Waals surface area contributed by atoms with Crippen LogP contribution in [-0.2, 0) is 13.6 Å². The highest BCUT2D eigenvalue weighted by molar-refractivity contribution is 5.78. The molecule has 2 atom stereocenters. The van der Waals surface area contributed by atoms with Gasteiger partial charge in [-0.3, -0.25) is 4.68 Å². The summed E-state index contributed by atoms with van der Waals surface area (Å²) < 4.78 is 1.82. The van der Waals surface area contributed by atoms with E-state index in [-0.39, 0.29) is 6.10 Å². The second-order valence-corrected chi connectivity index (χ2v) is 5.89. The Balaban J connectivity index is 1.61. The van der Waals surface area contributed by atoms with Crippen molar-refractivity contribution in [1.82, 2.24) is 20.1 Å². The topological polar surface area (TPSA) is 63.0 Å². The van der Waals surface area contributed by atoms with Crippen molar-refractivity contribution in [1.29, 1.82) is 0 Å². The molecule has 2 aromatic heterocycles. The summed E-state index contributed by atoms with van der Waals surface area (Å²) in [6, 6.07) is 2.17. The molecular formula is C15H22N4O. The molecule has 108 valence electrons. The summed E-state index contributed by atoms with van der Waals surface area (Å²) in [6.07, 6.45) is 4.85. The fraction of sp³-hybridized carbons (Fsp3) is 0.600. The van der Waals surface area contributed by atoms with Gasteiger partial charge in [-0.25, -0.2) is 4.98 Å². The number of aliphatic hydroxyl groups is 1. The first-order valence-corrected chi connectivity index (χ1v) is 7.30. The van der Waals surface area contributed by atoms with E-state index in [0.717, 1.165) is 49.1 Å². The molecule has 1 aliphatic carbocycles. The number of hydrogen-bond donors (Lipinski definition) is 2. The number of nitrogens with zero attached hydrogens (tertiary/aromatic N) is 3. The maximum Gasteiger partial charge on any atom is 0.157 e. The second-order valence-electron chi connectivity index (χ2n) is 5.89. The first-order chi connectivity index (χ1) is 9.63. The molecule has 5 nitrogen and oxygen atoms in total. The van der Waals surface area contributed by atoms with Crippen molar-refractivity contribution in [3.8, 4) is 0 Å². The maximum atomic E-state index is 9.52. The lowest BCUT2D eigenvalue weighted by Gasteiger charge is -2.10. The van der Waals surface area contributed by atoms with Crippen molar-refractivity contribution in [2.24, 2.45) is 13.0 Å². The first kappa shape index (κ1) is 13.5. The summed E-state index contributed by atoms with van der Waals surface area (Å²) in [6.45, 7) is 3.81. The number of aromatic nitrogens is 3. The molecule has 2 aromatic rings. The predicted octanol–water partition coefficient (Wildman–Crippen LogP) is 1.53. The maximum absolute atomic E-state index is 9.52. The molecule has 5 heteroatoms. The third-order valence-electron chi connectivity index (χ3n) is 4.20. The standard InChI is InChI=1S/C15H22N4O/c1-10-14-6-12(9-17-15(14)19(2)18-10)8-16-7-11-3-4-13(20)5-11/h6,9,11,13,16,20H,3-5,7-8H2,1-2H3. The molecule has 1 fully saturated rings. The molecule has 0 aromatic carbocycles. The number of hydrogen-bond acceptors (Lipinski definition) is 4. The molecule has 1 saturated carbocycles. The van der Waals surface area contributed by atoms with Crippen LogP contribution in [0.2, 0.25) is 0 Å². The molecule has 0 amide bonds. The fourth-order valence-electron chi connectivity index (χ4n) is 3.10. The molecule has 0 radical (unpaired) electrons. The predicted molar refractivity (Wildman–Crippen MR) is 78.3 cm³/mol. The van der Waals surface area contributed by atoms with Gasteiger partial charge in [-0.15, -0.1) is 0 Å². The number of rotatable bonds is 4. The molecule has 0 spiro atoms. The van der Waals surface area contributed by atoms with Gasteiger partial charge in [0.1, 0.15) is 0 Å². The van der Waals surface area contributed by atoms with Crippen molar-refractivity contribution in [2.75, 3.05) is 6.54 Å². The Labute approximate surface area is 119 Å². The lowest BCUT2D eigenvalue weighted by Crippen LogP contribution is -2.21. The third kappa shape index (κ3) is 2.69. The van der Waals surface area contributed by atoms with E-state index in [1.165, 1.54) is 5.56 Å². The summed E-state index contributed by atoms with van der Waals surface area (Å²) in [7, 11) is 1.92. The van der Waals surface area contributed by atoms with Gasteiger partial charge in [0, 0.05) is 25.2 Å². The van der Waals surface area contributed by atoms with E-state index in [4.69, 9.17) is 0 Å². The van der Waals surface area contributed by atoms with Crippen molar-refractivity contribution >= 4 is 11.0 Å². The lowest BCUT2D eigenvalue weighted by molar-refractivity contribution is 0.177. The van der Waals surface area contributed by atoms with Crippen molar-refractivity contribution in [3.63, 3.8) is 0 Å². The van der Waals surface area contributed by atoms with E-state index in [1.54, 1.807) is 0 Å². The third-order valence-corrected chi connectivity index (χ3v) is 4.20. The zero-order chi connectivity index (χ0) is 14.1. The van der Waals surface area contributed by atoms with Gasteiger partial charge in [-0.2, -0.15) is 5.10 Å². The van der Waals surface area contributed by atoms with Gasteiger partial charge in [0.25, 0.3) is 0 Å². The van der Waals surface area contributed by atoms with Crippen molar-refractivity contribution < 1.29 is 5.11 Å². The van der Waals surface area contributed by atoms with Crippen LogP contribution in [0.4, 0.5) is 0 Å². The van der Waals surface area contributed by atoms with Crippen LogP contribution >= 0.6 is 0 Å². The van der Waals surface area contributed by atoms with Crippen molar-refractivity contribution in [3.05, 3.63) is 23.5 Å². The van der Waals surface area contributed by atoms with Gasteiger partial charge in [0.05, 0.1) is 11.8 Å². The summed E-state index contributed by atoms with van der Waals surface area (Å²) in [5.74, 6) is 0.613. The second kappa shape index (κ2) is 5.50. The molecule has 20 heavy (non-hydrogen) atoms. The minimum Gasteiger partial charge on any atom is -0.393 e. The van der Waals surface area contributed by atoms with E-state index < -0.39 is 0 Å². The van der Waals surface area contributed by atoms with Crippen LogP contribution in [0.5, 0.6) is 0 Å². The van der Waals surface area contributed by atoms with Gasteiger partial charge in [0.2, 0.25) is 0 Å². The average molecular weight is 274 g/mol. The minimum atomic E-state index is -0.0853. The minimum absolute atomic E-state index is 0.0853. The smallest absolute Gasteiger partial charge is 0.157 e. The highest BCUT2D eigenvalue weighted by Crippen LogP contribution is 2.24. The molecule has 0 aliphatic heterocycles. The van der Waals surface area contributed by atoms with Crippen molar-refractivity contribution in [2.45, 2.75) is 38.8 Å². The largest absolute Gasteiger partial charge is 0.393 e. The molecule has 0 bridgehead atoms. The summed E-state index contributed by atoms with van der Waals surface area (Å²) in [5, 5.41) is 18.5. The first-order valence-electron chi connectivity index (χ1n) is 7.30. The Hall–Kier alpha value is -1.46. The van der Waals surface area contributed by atoms with Crippen LogP contribution in [0.3, 0.4) is 0 Å². The van der Waals surface area contributed by atoms with Crippen LogP contribution in [-0.4, -0.2) is 32.5 Å². The molecule has 2 N–H and O–H groups in total. The Kier molecular flexibility index (Phi) is 3.72. The van der Waals surface area contributed by atoms with Gasteiger partial charge in [-0.05, 0) is 50.3 Å². The number of aliphatic hydroxyl groups excluding tert-OH is 1. The van der Waals surface area contributed by atoms with E-state index in [2.05, 4.69) is 21.5 Å².